The molecule has 20 heavy (non-hydrogen) atoms. The van der Waals surface area contributed by atoms with Crippen molar-refractivity contribution in [1.82, 2.24) is 5.32 Å². The van der Waals surface area contributed by atoms with Crippen LogP contribution in [0.5, 0.6) is 0 Å². The van der Waals surface area contributed by atoms with Crippen molar-refractivity contribution in [2.75, 3.05) is 13.7 Å². The third kappa shape index (κ3) is 5.25. The van der Waals surface area contributed by atoms with Gasteiger partial charge in [0.05, 0.1) is 17.9 Å². The van der Waals surface area contributed by atoms with Crippen LogP contribution in [-0.2, 0) is 15.3 Å². The van der Waals surface area contributed by atoms with Gasteiger partial charge in [-0.25, -0.2) is 4.79 Å². The lowest BCUT2D eigenvalue weighted by molar-refractivity contribution is -0.120. The quantitative estimate of drug-likeness (QED) is 0.786. The van der Waals surface area contributed by atoms with Crippen molar-refractivity contribution >= 4 is 23.6 Å². The molecule has 1 rings (SSSR count). The summed E-state index contributed by atoms with van der Waals surface area (Å²) >= 11 is 1.58. The van der Waals surface area contributed by atoms with Crippen molar-refractivity contribution in [1.29, 1.82) is 0 Å². The van der Waals surface area contributed by atoms with Gasteiger partial charge in [0.2, 0.25) is 5.91 Å². The summed E-state index contributed by atoms with van der Waals surface area (Å²) < 4.78 is 4.65. The van der Waals surface area contributed by atoms with Gasteiger partial charge in [0.1, 0.15) is 0 Å². The molecule has 1 aromatic carbocycles. The van der Waals surface area contributed by atoms with Gasteiger partial charge in [-0.2, -0.15) is 0 Å². The second-order valence-corrected chi connectivity index (χ2v) is 5.76. The molecule has 1 N–H and O–H groups in total. The molecule has 0 saturated carbocycles. The Morgan fingerprint density at radius 2 is 1.95 bits per heavy atom. The summed E-state index contributed by atoms with van der Waals surface area (Å²) in [4.78, 5) is 23.0. The molecule has 1 amide bonds. The van der Waals surface area contributed by atoms with Crippen LogP contribution in [0.2, 0.25) is 0 Å². The maximum Gasteiger partial charge on any atom is 0.337 e. The molecule has 0 fully saturated rings. The lowest BCUT2D eigenvalue weighted by Crippen LogP contribution is -2.31. The van der Waals surface area contributed by atoms with Gasteiger partial charge in [0, 0.05) is 12.3 Å². The average molecular weight is 295 g/mol. The zero-order chi connectivity index (χ0) is 15.0. The third-order valence-corrected chi connectivity index (χ3v) is 4.01. The molecule has 1 unspecified atom stereocenters. The van der Waals surface area contributed by atoms with E-state index in [1.54, 1.807) is 23.9 Å². The molecule has 0 bridgehead atoms. The maximum absolute atomic E-state index is 11.7. The second kappa shape index (κ2) is 8.64. The topological polar surface area (TPSA) is 55.4 Å². The number of esters is 1. The summed E-state index contributed by atoms with van der Waals surface area (Å²) in [5, 5.41) is 2.80. The number of carbonyl (C=O) groups excluding carboxylic acids is 2. The minimum absolute atomic E-state index is 0.0723. The van der Waals surface area contributed by atoms with Crippen LogP contribution in [0.3, 0.4) is 0 Å². The van der Waals surface area contributed by atoms with Gasteiger partial charge in [-0.05, 0) is 31.0 Å². The fraction of sp³-hybridized carbons (Fsp3) is 0.467. The van der Waals surface area contributed by atoms with E-state index in [1.807, 2.05) is 26.0 Å². The Morgan fingerprint density at radius 1 is 1.30 bits per heavy atom. The van der Waals surface area contributed by atoms with E-state index in [9.17, 15) is 9.59 Å². The number of hydrogen-bond donors (Lipinski definition) is 1. The summed E-state index contributed by atoms with van der Waals surface area (Å²) in [6.07, 6.45) is 0.943. The van der Waals surface area contributed by atoms with Crippen LogP contribution in [0.25, 0.3) is 0 Å². The molecule has 0 aliphatic rings. The number of thioether (sulfide) groups is 1. The Balaban J connectivity index is 2.45. The van der Waals surface area contributed by atoms with Crippen molar-refractivity contribution in [3.8, 4) is 0 Å². The van der Waals surface area contributed by atoms with E-state index in [-0.39, 0.29) is 17.1 Å². The summed E-state index contributed by atoms with van der Waals surface area (Å²) in [6, 6.07) is 7.25. The standard InChI is InChI=1S/C15H21NO3S/c1-4-9-16-14(17)11(2)20-10-12-5-7-13(8-6-12)15(18)19-3/h5-8,11H,4,9-10H2,1-3H3,(H,16,17). The predicted molar refractivity (Wildman–Crippen MR) is 81.8 cm³/mol. The number of methoxy groups -OCH3 is 1. The lowest BCUT2D eigenvalue weighted by atomic mass is 10.1. The molecule has 110 valence electrons. The smallest absolute Gasteiger partial charge is 0.337 e. The molecule has 0 aliphatic heterocycles. The molecule has 1 atom stereocenters. The highest BCUT2D eigenvalue weighted by Crippen LogP contribution is 2.18. The monoisotopic (exact) mass is 295 g/mol. The zero-order valence-electron chi connectivity index (χ0n) is 12.1. The van der Waals surface area contributed by atoms with Crippen molar-refractivity contribution < 1.29 is 14.3 Å². The minimum Gasteiger partial charge on any atom is -0.465 e. The van der Waals surface area contributed by atoms with E-state index in [2.05, 4.69) is 10.1 Å². The summed E-state index contributed by atoms with van der Waals surface area (Å²) in [5.41, 5.74) is 1.62. The number of nitrogens with one attached hydrogen (secondary N) is 1. The summed E-state index contributed by atoms with van der Waals surface area (Å²) in [7, 11) is 1.36. The Morgan fingerprint density at radius 3 is 2.50 bits per heavy atom. The van der Waals surface area contributed by atoms with Crippen LogP contribution in [0.4, 0.5) is 0 Å². The van der Waals surface area contributed by atoms with Crippen LogP contribution in [0, 0.1) is 0 Å². The first-order valence-corrected chi connectivity index (χ1v) is 7.70. The largest absolute Gasteiger partial charge is 0.465 e. The fourth-order valence-electron chi connectivity index (χ4n) is 1.54. The van der Waals surface area contributed by atoms with E-state index in [1.165, 1.54) is 7.11 Å². The number of amides is 1. The molecule has 4 nitrogen and oxygen atoms in total. The van der Waals surface area contributed by atoms with Gasteiger partial charge in [-0.1, -0.05) is 19.1 Å². The lowest BCUT2D eigenvalue weighted by Gasteiger charge is -2.11. The molecular weight excluding hydrogens is 274 g/mol. The van der Waals surface area contributed by atoms with Crippen molar-refractivity contribution in [2.24, 2.45) is 0 Å². The normalized spacial score (nSPS) is 11.8. The van der Waals surface area contributed by atoms with Crippen LogP contribution in [-0.4, -0.2) is 30.8 Å². The zero-order valence-corrected chi connectivity index (χ0v) is 13.0. The van der Waals surface area contributed by atoms with E-state index >= 15 is 0 Å². The third-order valence-electron chi connectivity index (χ3n) is 2.79. The van der Waals surface area contributed by atoms with Crippen LogP contribution >= 0.6 is 11.8 Å². The SMILES string of the molecule is CCCNC(=O)C(C)SCc1ccc(C(=O)OC)cc1. The van der Waals surface area contributed by atoms with Gasteiger partial charge in [0.15, 0.2) is 0 Å². The molecule has 0 saturated heterocycles. The molecule has 0 spiro atoms. The van der Waals surface area contributed by atoms with Crippen molar-refractivity contribution in [3.05, 3.63) is 35.4 Å². The first-order valence-electron chi connectivity index (χ1n) is 6.65. The number of carbonyl (C=O) groups is 2. The highest BCUT2D eigenvalue weighted by Gasteiger charge is 2.12. The van der Waals surface area contributed by atoms with E-state index in [0.29, 0.717) is 5.56 Å². The predicted octanol–water partition coefficient (Wildman–Crippen LogP) is 2.62. The second-order valence-electron chi connectivity index (χ2n) is 4.43. The van der Waals surface area contributed by atoms with Crippen molar-refractivity contribution in [2.45, 2.75) is 31.3 Å². The number of benzene rings is 1. The minimum atomic E-state index is -0.337. The maximum atomic E-state index is 11.7. The Labute approximate surface area is 124 Å². The van der Waals surface area contributed by atoms with Gasteiger partial charge in [-0.3, -0.25) is 4.79 Å². The molecule has 0 radical (unpaired) electrons. The van der Waals surface area contributed by atoms with E-state index in [4.69, 9.17) is 0 Å². The van der Waals surface area contributed by atoms with Crippen molar-refractivity contribution in [3.63, 3.8) is 0 Å². The first kappa shape index (κ1) is 16.6. The van der Waals surface area contributed by atoms with Gasteiger partial charge >= 0.3 is 5.97 Å². The molecule has 0 aromatic heterocycles. The molecule has 5 heteroatoms. The molecular formula is C15H21NO3S. The number of hydrogen-bond acceptors (Lipinski definition) is 4. The Hall–Kier alpha value is -1.49. The summed E-state index contributed by atoms with van der Waals surface area (Å²) in [6.45, 7) is 4.65. The Kier molecular flexibility index (Phi) is 7.15. The van der Waals surface area contributed by atoms with E-state index in [0.717, 1.165) is 24.3 Å². The van der Waals surface area contributed by atoms with Gasteiger partial charge in [0.25, 0.3) is 0 Å². The van der Waals surface area contributed by atoms with Crippen LogP contribution in [0.1, 0.15) is 36.2 Å². The molecule has 0 heterocycles. The molecule has 1 aromatic rings. The first-order chi connectivity index (χ1) is 9.58. The number of rotatable bonds is 7. The van der Waals surface area contributed by atoms with E-state index < -0.39 is 0 Å². The van der Waals surface area contributed by atoms with Gasteiger partial charge < -0.3 is 10.1 Å². The van der Waals surface area contributed by atoms with Crippen LogP contribution < -0.4 is 5.32 Å². The fourth-order valence-corrected chi connectivity index (χ4v) is 2.41. The highest BCUT2D eigenvalue weighted by molar-refractivity contribution is 7.99. The van der Waals surface area contributed by atoms with Gasteiger partial charge in [-0.15, -0.1) is 11.8 Å². The number of ether oxygens (including phenoxy) is 1. The molecule has 0 aliphatic carbocycles. The average Bonchev–Trinajstić information content (AvgIpc) is 2.49. The van der Waals surface area contributed by atoms with Crippen LogP contribution in [0.15, 0.2) is 24.3 Å². The highest BCUT2D eigenvalue weighted by atomic mass is 32.2. The summed E-state index contributed by atoms with van der Waals surface area (Å²) in [5.74, 6) is 0.474. The Bertz CT molecular complexity index is 445.